The van der Waals surface area contributed by atoms with Crippen molar-refractivity contribution in [2.24, 2.45) is 0 Å². The summed E-state index contributed by atoms with van der Waals surface area (Å²) in [6, 6.07) is 11.8. The minimum Gasteiger partial charge on any atom is -0.539 e. The molecule has 0 saturated carbocycles. The Morgan fingerprint density at radius 1 is 1.18 bits per heavy atom. The van der Waals surface area contributed by atoms with Crippen molar-refractivity contribution in [2.75, 3.05) is 37.0 Å². The molecule has 0 radical (unpaired) electrons. The molecule has 13 heteroatoms. The Kier molecular flexibility index (Phi) is 10.6. The first-order valence-corrected chi connectivity index (χ1v) is 10.00. The highest BCUT2D eigenvalue weighted by molar-refractivity contribution is 6.31. The number of aliphatic carboxylic acids is 2. The summed E-state index contributed by atoms with van der Waals surface area (Å²) in [5.74, 6) is -4.57. The number of aliphatic hydroxyl groups is 2. The van der Waals surface area contributed by atoms with Gasteiger partial charge < -0.3 is 40.9 Å². The molecule has 0 spiro atoms. The second-order valence-electron chi connectivity index (χ2n) is 7.13. The fourth-order valence-corrected chi connectivity index (χ4v) is 3.30. The summed E-state index contributed by atoms with van der Waals surface area (Å²) >= 11 is 6.06. The highest BCUT2D eigenvalue weighted by atomic mass is 35.5. The van der Waals surface area contributed by atoms with Crippen molar-refractivity contribution < 1.29 is 50.0 Å². The summed E-state index contributed by atoms with van der Waals surface area (Å²) in [7, 11) is 1.76. The van der Waals surface area contributed by atoms with Crippen LogP contribution in [-0.4, -0.2) is 77.4 Å². The van der Waals surface area contributed by atoms with Gasteiger partial charge >= 0.3 is 5.97 Å². The number of carbonyl (C=O) groups excluding carboxylic acids is 3. The van der Waals surface area contributed by atoms with Crippen molar-refractivity contribution >= 4 is 52.4 Å². The Hall–Kier alpha value is -3.55. The number of nitrogens with zero attached hydrogens (tertiary/aromatic N) is 1. The van der Waals surface area contributed by atoms with Gasteiger partial charge in [0, 0.05) is 5.02 Å². The normalized spacial score (nSPS) is 13.4. The van der Waals surface area contributed by atoms with Crippen LogP contribution in [0.5, 0.6) is 0 Å². The maximum atomic E-state index is 13.1. The van der Waals surface area contributed by atoms with Gasteiger partial charge in [-0.15, -0.1) is 0 Å². The molecule has 2 unspecified atom stereocenters. The van der Waals surface area contributed by atoms with Gasteiger partial charge in [-0.3, -0.25) is 14.5 Å². The van der Waals surface area contributed by atoms with Crippen molar-refractivity contribution in [3.63, 3.8) is 0 Å². The number of aliphatic hydroxyl groups excluding tert-OH is 2. The van der Waals surface area contributed by atoms with E-state index in [0.29, 0.717) is 27.6 Å². The third-order valence-corrected chi connectivity index (χ3v) is 4.74. The third kappa shape index (κ3) is 7.23. The van der Waals surface area contributed by atoms with Crippen molar-refractivity contribution in [3.8, 4) is 0 Å². The van der Waals surface area contributed by atoms with Crippen molar-refractivity contribution in [1.82, 2.24) is 0 Å². The van der Waals surface area contributed by atoms with Gasteiger partial charge in [-0.1, -0.05) is 23.7 Å². The van der Waals surface area contributed by atoms with E-state index in [1.54, 1.807) is 49.5 Å². The van der Waals surface area contributed by atoms with E-state index in [9.17, 15) is 14.7 Å². The predicted octanol–water partition coefficient (Wildman–Crippen LogP) is -2.57. The van der Waals surface area contributed by atoms with Crippen LogP contribution in [0, 0.1) is 0 Å². The van der Waals surface area contributed by atoms with Gasteiger partial charge in [-0.05, 0) is 30.3 Å². The van der Waals surface area contributed by atoms with Crippen molar-refractivity contribution in [2.45, 2.75) is 6.10 Å². The van der Waals surface area contributed by atoms with Crippen molar-refractivity contribution in [3.05, 3.63) is 53.1 Å². The van der Waals surface area contributed by atoms with E-state index in [1.807, 2.05) is 0 Å². The average Bonchev–Trinajstić information content (AvgIpc) is 2.87. The first-order valence-electron chi connectivity index (χ1n) is 9.62. The molecule has 3 rings (SSSR count). The van der Waals surface area contributed by atoms with Crippen LogP contribution in [0.25, 0.3) is 0 Å². The number of halogens is 1. The minimum absolute atomic E-state index is 0. The minimum atomic E-state index is -2.07. The second-order valence-corrected chi connectivity index (χ2v) is 7.57. The molecular formula is C21H24ClN3O9. The predicted molar refractivity (Wildman–Crippen MR) is 119 cm³/mol. The number of amides is 2. The number of carboxylic acid groups (broad SMARTS) is 2. The van der Waals surface area contributed by atoms with Gasteiger partial charge in [-0.2, -0.15) is 0 Å². The van der Waals surface area contributed by atoms with E-state index in [0.717, 1.165) is 4.90 Å². The third-order valence-electron chi connectivity index (χ3n) is 4.51. The Bertz CT molecular complexity index is 1050. The molecule has 2 aromatic rings. The lowest BCUT2D eigenvalue weighted by atomic mass is 10.1. The molecule has 0 fully saturated rings. The molecule has 0 aliphatic carbocycles. The Labute approximate surface area is 198 Å². The van der Waals surface area contributed by atoms with Gasteiger partial charge in [0.25, 0.3) is 11.8 Å². The summed E-state index contributed by atoms with van der Waals surface area (Å²) < 4.78 is 0. The number of carboxylic acids is 2. The molecule has 1 aliphatic heterocycles. The fraction of sp³-hybridized carbons (Fsp3) is 0.238. The zero-order valence-electron chi connectivity index (χ0n) is 17.9. The first-order chi connectivity index (χ1) is 15.5. The topological polar surface area (TPSA) is 203 Å². The number of rotatable bonds is 5. The molecule has 7 N–H and O–H groups in total. The lowest BCUT2D eigenvalue weighted by Crippen LogP contribution is -3.11. The fourth-order valence-electron chi connectivity index (χ4n) is 3.13. The Morgan fingerprint density at radius 2 is 1.79 bits per heavy atom. The van der Waals surface area contributed by atoms with Crippen LogP contribution >= 0.6 is 11.6 Å². The Balaban J connectivity index is 0.000000735. The number of nitrogens with one attached hydrogen (secondary N) is 2. The number of hydrogen-bond acceptors (Lipinski definition) is 7. The molecule has 12 nitrogen and oxygen atoms in total. The monoisotopic (exact) mass is 497 g/mol. The summed E-state index contributed by atoms with van der Waals surface area (Å²) in [4.78, 5) is 46.0. The SMILES string of the molecule is C[NH+](CC(=O)N1c2ccc(Cl)cc2NC(=O)c2ccccc21)CC(O)CO.O.O=C([O-])C(=O)O. The van der Waals surface area contributed by atoms with Crippen LogP contribution in [0.15, 0.2) is 42.5 Å². The van der Waals surface area contributed by atoms with E-state index in [4.69, 9.17) is 36.5 Å². The number of benzene rings is 2. The first kappa shape index (κ1) is 28.5. The average molecular weight is 498 g/mol. The largest absolute Gasteiger partial charge is 0.539 e. The van der Waals surface area contributed by atoms with E-state index in [1.165, 1.54) is 4.90 Å². The number of anilines is 3. The van der Waals surface area contributed by atoms with E-state index in [-0.39, 0.29) is 37.0 Å². The maximum absolute atomic E-state index is 13.1. The smallest absolute Gasteiger partial charge is 0.351 e. The maximum Gasteiger partial charge on any atom is 0.351 e. The summed E-state index contributed by atoms with van der Waals surface area (Å²) in [6.07, 6.45) is -0.899. The van der Waals surface area contributed by atoms with Gasteiger partial charge in [0.1, 0.15) is 12.6 Å². The molecule has 0 aromatic heterocycles. The molecule has 0 bridgehead atoms. The van der Waals surface area contributed by atoms with Crippen LogP contribution in [0.4, 0.5) is 17.1 Å². The van der Waals surface area contributed by atoms with Gasteiger partial charge in [0.05, 0.1) is 36.3 Å². The van der Waals surface area contributed by atoms with E-state index >= 15 is 0 Å². The summed E-state index contributed by atoms with van der Waals surface area (Å²) in [5.41, 5.74) is 1.84. The number of likely N-dealkylation sites (N-methyl/N-ethyl adjacent to an activating group) is 1. The number of fused-ring (bicyclic) bond motifs is 2. The number of quaternary nitrogens is 1. The van der Waals surface area contributed by atoms with Gasteiger partial charge in [0.15, 0.2) is 12.5 Å². The number of carbonyl (C=O) groups is 4. The van der Waals surface area contributed by atoms with Crippen LogP contribution in [-0.2, 0) is 14.4 Å². The lowest BCUT2D eigenvalue weighted by molar-refractivity contribution is -0.874. The second kappa shape index (κ2) is 12.6. The molecule has 2 aromatic carbocycles. The molecule has 184 valence electrons. The summed E-state index contributed by atoms with van der Waals surface area (Å²) in [6.45, 7) is -0.0676. The standard InChI is InChI=1S/C19H20ClN3O4.C2H2O4.H2O/c1-22(9-13(25)11-24)10-18(26)23-16-5-3-2-4-14(16)19(27)21-15-8-12(20)6-7-17(15)23;3-1(4)2(5)6;/h2-8,13,24-25H,9-11H2,1H3,(H,21,27);(H,3,4)(H,5,6);1H2. The van der Waals surface area contributed by atoms with Crippen molar-refractivity contribution in [1.29, 1.82) is 0 Å². The van der Waals surface area contributed by atoms with Crippen LogP contribution in [0.3, 0.4) is 0 Å². The van der Waals surface area contributed by atoms with Gasteiger partial charge in [-0.25, -0.2) is 4.79 Å². The van der Waals surface area contributed by atoms with Crippen LogP contribution in [0.1, 0.15) is 10.4 Å². The highest BCUT2D eigenvalue weighted by Crippen LogP contribution is 2.38. The molecular weight excluding hydrogens is 474 g/mol. The van der Waals surface area contributed by atoms with E-state index in [2.05, 4.69) is 5.32 Å². The number of hydrogen-bond donors (Lipinski definition) is 5. The molecule has 1 aliphatic rings. The lowest BCUT2D eigenvalue weighted by Gasteiger charge is -2.25. The van der Waals surface area contributed by atoms with Crippen LogP contribution in [0.2, 0.25) is 5.02 Å². The van der Waals surface area contributed by atoms with E-state index < -0.39 is 18.0 Å². The molecule has 1 heterocycles. The summed E-state index contributed by atoms with van der Waals surface area (Å²) in [5, 5.41) is 38.2. The molecule has 34 heavy (non-hydrogen) atoms. The highest BCUT2D eigenvalue weighted by Gasteiger charge is 2.31. The van der Waals surface area contributed by atoms with Crippen LogP contribution < -0.4 is 20.2 Å². The van der Waals surface area contributed by atoms with Gasteiger partial charge in [0.2, 0.25) is 0 Å². The zero-order valence-corrected chi connectivity index (χ0v) is 18.7. The quantitative estimate of drug-likeness (QED) is 0.277. The molecule has 0 saturated heterocycles. The molecule has 2 amide bonds. The number of para-hydroxylation sites is 1. The Morgan fingerprint density at radius 3 is 2.38 bits per heavy atom. The molecule has 2 atom stereocenters. The zero-order chi connectivity index (χ0) is 24.7.